The summed E-state index contributed by atoms with van der Waals surface area (Å²) in [7, 11) is 0. The highest BCUT2D eigenvalue weighted by molar-refractivity contribution is 7.16. The predicted octanol–water partition coefficient (Wildman–Crippen LogP) is 2.97. The molecular weight excluding hydrogens is 350 g/mol. The summed E-state index contributed by atoms with van der Waals surface area (Å²) in [4.78, 5) is 39.8. The van der Waals surface area contributed by atoms with E-state index in [9.17, 15) is 14.4 Å². The number of hydrogen-bond donors (Lipinski definition) is 2. The van der Waals surface area contributed by atoms with Gasteiger partial charge in [0.1, 0.15) is 11.5 Å². The minimum atomic E-state index is -0.541. The van der Waals surface area contributed by atoms with E-state index in [0.29, 0.717) is 10.6 Å². The Balaban J connectivity index is 1.72. The van der Waals surface area contributed by atoms with Gasteiger partial charge >= 0.3 is 0 Å². The molecule has 0 bridgehead atoms. The molecule has 2 aliphatic carbocycles. The molecule has 0 spiro atoms. The molecule has 2 fully saturated rings. The Labute approximate surface area is 158 Å². The zero-order valence-electron chi connectivity index (χ0n) is 15.5. The van der Waals surface area contributed by atoms with Crippen molar-refractivity contribution in [2.75, 3.05) is 11.9 Å². The fourth-order valence-corrected chi connectivity index (χ4v) is 4.76. The van der Waals surface area contributed by atoms with E-state index in [1.54, 1.807) is 4.90 Å². The van der Waals surface area contributed by atoms with Crippen molar-refractivity contribution in [1.82, 2.24) is 4.90 Å². The first kappa shape index (κ1) is 18.9. The van der Waals surface area contributed by atoms with E-state index in [0.717, 1.165) is 49.0 Å². The second-order valence-corrected chi connectivity index (χ2v) is 8.66. The molecule has 0 aliphatic heterocycles. The van der Waals surface area contributed by atoms with Crippen LogP contribution in [-0.4, -0.2) is 35.2 Å². The molecule has 1 aromatic heterocycles. The third-order valence-electron chi connectivity index (χ3n) is 5.42. The van der Waals surface area contributed by atoms with Crippen LogP contribution in [0.4, 0.5) is 5.00 Å². The van der Waals surface area contributed by atoms with Crippen molar-refractivity contribution in [2.45, 2.75) is 64.8 Å². The van der Waals surface area contributed by atoms with Gasteiger partial charge in [-0.3, -0.25) is 14.4 Å². The van der Waals surface area contributed by atoms with Crippen molar-refractivity contribution in [2.24, 2.45) is 11.7 Å². The third-order valence-corrected chi connectivity index (χ3v) is 6.55. The summed E-state index contributed by atoms with van der Waals surface area (Å²) in [5.41, 5.74) is 6.65. The number of thiophene rings is 1. The van der Waals surface area contributed by atoms with Crippen molar-refractivity contribution < 1.29 is 14.4 Å². The minimum absolute atomic E-state index is 0.0498. The van der Waals surface area contributed by atoms with Crippen molar-refractivity contribution >= 4 is 34.1 Å². The van der Waals surface area contributed by atoms with E-state index in [2.05, 4.69) is 5.32 Å². The lowest BCUT2D eigenvalue weighted by atomic mass is 9.94. The summed E-state index contributed by atoms with van der Waals surface area (Å²) in [5, 5.41) is 3.31. The van der Waals surface area contributed by atoms with Gasteiger partial charge in [0, 0.05) is 16.8 Å². The molecule has 0 atom stereocenters. The lowest BCUT2D eigenvalue weighted by Gasteiger charge is -2.34. The zero-order chi connectivity index (χ0) is 18.8. The highest BCUT2D eigenvalue weighted by Gasteiger charge is 2.37. The molecule has 7 heteroatoms. The van der Waals surface area contributed by atoms with Crippen molar-refractivity contribution in [3.63, 3.8) is 0 Å². The van der Waals surface area contributed by atoms with Crippen LogP contribution in [0.25, 0.3) is 0 Å². The highest BCUT2D eigenvalue weighted by atomic mass is 32.1. The Morgan fingerprint density at radius 3 is 2.35 bits per heavy atom. The number of carbonyl (C=O) groups excluding carboxylic acids is 3. The quantitative estimate of drug-likeness (QED) is 0.798. The Kier molecular flexibility index (Phi) is 5.65. The number of hydrogen-bond acceptors (Lipinski definition) is 4. The minimum Gasteiger partial charge on any atom is -0.365 e. The van der Waals surface area contributed by atoms with Crippen LogP contribution in [0.5, 0.6) is 0 Å². The number of anilines is 1. The van der Waals surface area contributed by atoms with Crippen LogP contribution in [0, 0.1) is 19.8 Å². The third kappa shape index (κ3) is 4.09. The molecule has 0 unspecified atom stereocenters. The van der Waals surface area contributed by atoms with Crippen LogP contribution in [0.2, 0.25) is 0 Å². The smallest absolute Gasteiger partial charge is 0.251 e. The molecule has 0 radical (unpaired) electrons. The number of nitrogens with one attached hydrogen (secondary N) is 1. The van der Waals surface area contributed by atoms with Crippen LogP contribution >= 0.6 is 11.3 Å². The van der Waals surface area contributed by atoms with Gasteiger partial charge < -0.3 is 16.0 Å². The van der Waals surface area contributed by atoms with E-state index in [4.69, 9.17) is 5.73 Å². The topological polar surface area (TPSA) is 92.5 Å². The molecule has 6 nitrogen and oxygen atoms in total. The molecule has 0 aromatic carbocycles. The Morgan fingerprint density at radius 2 is 1.77 bits per heavy atom. The van der Waals surface area contributed by atoms with E-state index >= 15 is 0 Å². The standard InChI is InChI=1S/C19H27N3O3S/c1-11-12(2)26-18(16(11)17(20)24)21-15(23)10-22(19(25)13-8-9-13)14-6-4-3-5-7-14/h13-14H,3-10H2,1-2H3,(H2,20,24)(H,21,23). The Hall–Kier alpha value is -1.89. The van der Waals surface area contributed by atoms with Gasteiger partial charge in [-0.25, -0.2) is 0 Å². The van der Waals surface area contributed by atoms with Crippen molar-refractivity contribution in [1.29, 1.82) is 0 Å². The van der Waals surface area contributed by atoms with Crippen LogP contribution in [0.1, 0.15) is 65.7 Å². The maximum Gasteiger partial charge on any atom is 0.251 e. The lowest BCUT2D eigenvalue weighted by molar-refractivity contribution is -0.138. The number of nitrogens with two attached hydrogens (primary N) is 1. The van der Waals surface area contributed by atoms with Gasteiger partial charge in [0.15, 0.2) is 0 Å². The SMILES string of the molecule is Cc1sc(NC(=O)CN(C(=O)C2CC2)C2CCCCC2)c(C(N)=O)c1C. The maximum absolute atomic E-state index is 12.7. The number of rotatable bonds is 6. The van der Waals surface area contributed by atoms with Gasteiger partial charge in [-0.1, -0.05) is 19.3 Å². The van der Waals surface area contributed by atoms with Crippen LogP contribution in [-0.2, 0) is 9.59 Å². The number of primary amides is 1. The Bertz CT molecular complexity index is 718. The fraction of sp³-hybridized carbons (Fsp3) is 0.632. The summed E-state index contributed by atoms with van der Waals surface area (Å²) in [6, 6.07) is 0.157. The molecular formula is C19H27N3O3S. The number of carbonyl (C=O) groups is 3. The first-order valence-corrected chi connectivity index (χ1v) is 10.2. The molecule has 142 valence electrons. The van der Waals surface area contributed by atoms with Gasteiger partial charge in [0.25, 0.3) is 5.91 Å². The fourth-order valence-electron chi connectivity index (χ4n) is 3.68. The van der Waals surface area contributed by atoms with Gasteiger partial charge in [-0.2, -0.15) is 0 Å². The molecule has 3 rings (SSSR count). The van der Waals surface area contributed by atoms with Gasteiger partial charge in [-0.15, -0.1) is 11.3 Å². The van der Waals surface area contributed by atoms with Crippen LogP contribution in [0.15, 0.2) is 0 Å². The molecule has 0 saturated heterocycles. The lowest BCUT2D eigenvalue weighted by Crippen LogP contribution is -2.46. The van der Waals surface area contributed by atoms with E-state index < -0.39 is 5.91 Å². The first-order valence-electron chi connectivity index (χ1n) is 9.38. The zero-order valence-corrected chi connectivity index (χ0v) is 16.3. The van der Waals surface area contributed by atoms with E-state index in [-0.39, 0.29) is 30.3 Å². The first-order chi connectivity index (χ1) is 12.4. The number of nitrogens with zero attached hydrogens (tertiary/aromatic N) is 1. The Morgan fingerprint density at radius 1 is 1.12 bits per heavy atom. The average Bonchev–Trinajstić information content (AvgIpc) is 3.40. The van der Waals surface area contributed by atoms with Gasteiger partial charge in [0.05, 0.1) is 5.56 Å². The molecule has 3 N–H and O–H groups in total. The van der Waals surface area contributed by atoms with Crippen molar-refractivity contribution in [3.8, 4) is 0 Å². The maximum atomic E-state index is 12.7. The summed E-state index contributed by atoms with van der Waals surface area (Å²) < 4.78 is 0. The molecule has 3 amide bonds. The number of aryl methyl sites for hydroxylation is 1. The molecule has 2 saturated carbocycles. The van der Waals surface area contributed by atoms with Gasteiger partial charge in [-0.05, 0) is 45.1 Å². The highest BCUT2D eigenvalue weighted by Crippen LogP contribution is 2.34. The second-order valence-electron chi connectivity index (χ2n) is 7.43. The molecule has 2 aliphatic rings. The van der Waals surface area contributed by atoms with Gasteiger partial charge in [0.2, 0.25) is 11.8 Å². The molecule has 1 heterocycles. The molecule has 26 heavy (non-hydrogen) atoms. The van der Waals surface area contributed by atoms with E-state index in [1.165, 1.54) is 17.8 Å². The second kappa shape index (κ2) is 7.78. The van der Waals surface area contributed by atoms with Crippen LogP contribution < -0.4 is 11.1 Å². The summed E-state index contributed by atoms with van der Waals surface area (Å²) in [6.07, 6.45) is 7.21. The summed E-state index contributed by atoms with van der Waals surface area (Å²) in [6.45, 7) is 3.77. The molecule has 1 aromatic rings. The largest absolute Gasteiger partial charge is 0.365 e. The number of amides is 3. The normalized spacial score (nSPS) is 17.8. The van der Waals surface area contributed by atoms with Crippen molar-refractivity contribution in [3.05, 3.63) is 16.0 Å². The average molecular weight is 378 g/mol. The van der Waals surface area contributed by atoms with Crippen LogP contribution in [0.3, 0.4) is 0 Å². The monoisotopic (exact) mass is 377 g/mol. The van der Waals surface area contributed by atoms with E-state index in [1.807, 2.05) is 13.8 Å². The summed E-state index contributed by atoms with van der Waals surface area (Å²) in [5.74, 6) is -0.591. The predicted molar refractivity (Wildman–Crippen MR) is 102 cm³/mol. The summed E-state index contributed by atoms with van der Waals surface area (Å²) >= 11 is 1.35.